The zero-order valence-corrected chi connectivity index (χ0v) is 18.5. The van der Waals surface area contributed by atoms with E-state index in [1.807, 2.05) is 68.4 Å². The van der Waals surface area contributed by atoms with E-state index in [2.05, 4.69) is 5.32 Å². The topological polar surface area (TPSA) is 69.7 Å². The van der Waals surface area contributed by atoms with Gasteiger partial charge < -0.3 is 5.32 Å². The highest BCUT2D eigenvalue weighted by Crippen LogP contribution is 2.25. The Labute approximate surface area is 178 Å². The molecule has 0 aromatic heterocycles. The number of carbonyl (C=O) groups excluding carboxylic acids is 1. The highest BCUT2D eigenvalue weighted by atomic mass is 32.2. The van der Waals surface area contributed by atoms with Crippen LogP contribution in [0.15, 0.2) is 60.7 Å². The van der Waals surface area contributed by atoms with Gasteiger partial charge in [-0.15, -0.1) is 0 Å². The average molecular weight is 426 g/mol. The summed E-state index contributed by atoms with van der Waals surface area (Å²) in [6.07, 6.45) is 0. The van der Waals surface area contributed by atoms with E-state index in [9.17, 15) is 13.2 Å². The van der Waals surface area contributed by atoms with E-state index in [1.54, 1.807) is 6.07 Å². The Morgan fingerprint density at radius 3 is 2.33 bits per heavy atom. The van der Waals surface area contributed by atoms with E-state index in [0.717, 1.165) is 36.1 Å². The number of rotatable bonds is 7. The maximum Gasteiger partial charge on any atom is 0.304 e. The highest BCUT2D eigenvalue weighted by molar-refractivity contribution is 7.90. The first-order valence-electron chi connectivity index (χ1n) is 9.70. The molecule has 0 fully saturated rings. The molecule has 0 unspecified atom stereocenters. The Morgan fingerprint density at radius 1 is 0.933 bits per heavy atom. The van der Waals surface area contributed by atoms with Crippen LogP contribution in [0.5, 0.6) is 0 Å². The van der Waals surface area contributed by atoms with Crippen molar-refractivity contribution < 1.29 is 13.2 Å². The van der Waals surface area contributed by atoms with Crippen molar-refractivity contribution in [3.8, 4) is 0 Å². The molecule has 1 amide bonds. The molecule has 0 spiro atoms. The summed E-state index contributed by atoms with van der Waals surface area (Å²) in [7, 11) is -0.915. The minimum atomic E-state index is -3.83. The number of fused-ring (bicyclic) bond motifs is 1. The van der Waals surface area contributed by atoms with Crippen LogP contribution in [0.25, 0.3) is 10.8 Å². The van der Waals surface area contributed by atoms with Crippen LogP contribution in [0, 0.1) is 13.8 Å². The maximum atomic E-state index is 12.9. The molecule has 0 aliphatic heterocycles. The molecular formula is C23H27N3O3S. The molecule has 0 bridgehead atoms. The lowest BCUT2D eigenvalue weighted by molar-refractivity contribution is -0.119. The number of benzene rings is 3. The van der Waals surface area contributed by atoms with E-state index >= 15 is 0 Å². The van der Waals surface area contributed by atoms with Crippen LogP contribution in [-0.4, -0.2) is 39.3 Å². The quantitative estimate of drug-likeness (QED) is 0.631. The first kappa shape index (κ1) is 21.8. The number of aryl methyl sites for hydroxylation is 2. The lowest BCUT2D eigenvalue weighted by atomic mass is 10.1. The average Bonchev–Trinajstić information content (AvgIpc) is 2.72. The van der Waals surface area contributed by atoms with Gasteiger partial charge in [0.2, 0.25) is 5.91 Å². The lowest BCUT2D eigenvalue weighted by Crippen LogP contribution is -2.46. The van der Waals surface area contributed by atoms with E-state index in [-0.39, 0.29) is 12.5 Å². The zero-order chi connectivity index (χ0) is 21.9. The third-order valence-electron chi connectivity index (χ3n) is 4.96. The van der Waals surface area contributed by atoms with Crippen LogP contribution in [0.3, 0.4) is 0 Å². The van der Waals surface area contributed by atoms with E-state index < -0.39 is 10.2 Å². The van der Waals surface area contributed by atoms with Gasteiger partial charge >= 0.3 is 10.2 Å². The van der Waals surface area contributed by atoms with Crippen molar-refractivity contribution in [1.29, 1.82) is 0 Å². The fourth-order valence-electron chi connectivity index (χ4n) is 3.21. The number of nitrogens with zero attached hydrogens (tertiary/aromatic N) is 2. The summed E-state index contributed by atoms with van der Waals surface area (Å²) >= 11 is 0. The molecule has 3 aromatic rings. The van der Waals surface area contributed by atoms with Crippen LogP contribution < -0.4 is 9.62 Å². The van der Waals surface area contributed by atoms with Gasteiger partial charge in [0.15, 0.2) is 0 Å². The standard InChI is InChI=1S/C23H27N3O3S/c1-17-9-10-18(2)22(13-17)26(30(28,29)25(3)4)16-23(27)24-15-19-11-12-20-7-5-6-8-21(20)14-19/h5-14H,15-16H2,1-4H3,(H,24,27). The Bertz CT molecular complexity index is 1170. The first-order chi connectivity index (χ1) is 14.2. The maximum absolute atomic E-state index is 12.9. The first-order valence-corrected chi connectivity index (χ1v) is 11.1. The normalized spacial score (nSPS) is 11.6. The van der Waals surface area contributed by atoms with Gasteiger partial charge in [-0.2, -0.15) is 12.7 Å². The smallest absolute Gasteiger partial charge is 0.304 e. The molecule has 3 rings (SSSR count). The van der Waals surface area contributed by atoms with E-state index in [4.69, 9.17) is 0 Å². The molecule has 0 saturated heterocycles. The number of amides is 1. The van der Waals surface area contributed by atoms with Crippen LogP contribution in [-0.2, 0) is 21.5 Å². The second kappa shape index (κ2) is 8.85. The third-order valence-corrected chi connectivity index (χ3v) is 6.77. The molecule has 1 N–H and O–H groups in total. The molecule has 0 heterocycles. The fraction of sp³-hybridized carbons (Fsp3) is 0.261. The summed E-state index contributed by atoms with van der Waals surface area (Å²) < 4.78 is 28.1. The van der Waals surface area contributed by atoms with Crippen LogP contribution >= 0.6 is 0 Å². The number of hydrogen-bond acceptors (Lipinski definition) is 3. The molecule has 0 atom stereocenters. The minimum absolute atomic E-state index is 0.293. The van der Waals surface area contributed by atoms with Gasteiger partial charge in [0.1, 0.15) is 6.54 Å². The summed E-state index contributed by atoms with van der Waals surface area (Å²) in [6, 6.07) is 19.6. The molecule has 30 heavy (non-hydrogen) atoms. The summed E-state index contributed by atoms with van der Waals surface area (Å²) in [4.78, 5) is 12.7. The van der Waals surface area contributed by atoms with Gasteiger partial charge in [-0.25, -0.2) is 4.31 Å². The van der Waals surface area contributed by atoms with Crippen molar-refractivity contribution in [1.82, 2.24) is 9.62 Å². The Balaban J connectivity index is 1.79. The Hall–Kier alpha value is -2.90. The van der Waals surface area contributed by atoms with Crippen molar-refractivity contribution in [3.05, 3.63) is 77.4 Å². The number of nitrogens with one attached hydrogen (secondary N) is 1. The van der Waals surface area contributed by atoms with Crippen molar-refractivity contribution in [3.63, 3.8) is 0 Å². The highest BCUT2D eigenvalue weighted by Gasteiger charge is 2.28. The zero-order valence-electron chi connectivity index (χ0n) is 17.7. The number of hydrogen-bond donors (Lipinski definition) is 1. The Morgan fingerprint density at radius 2 is 1.63 bits per heavy atom. The predicted molar refractivity (Wildman–Crippen MR) is 122 cm³/mol. The van der Waals surface area contributed by atoms with Gasteiger partial charge in [0.25, 0.3) is 0 Å². The second-order valence-electron chi connectivity index (χ2n) is 7.54. The predicted octanol–water partition coefficient (Wildman–Crippen LogP) is 3.39. The Kier molecular flexibility index (Phi) is 6.43. The fourth-order valence-corrected chi connectivity index (χ4v) is 4.33. The van der Waals surface area contributed by atoms with Crippen molar-refractivity contribution in [2.45, 2.75) is 20.4 Å². The SMILES string of the molecule is Cc1ccc(C)c(N(CC(=O)NCc2ccc3ccccc3c2)S(=O)(=O)N(C)C)c1. The summed E-state index contributed by atoms with van der Waals surface area (Å²) in [5.41, 5.74) is 3.17. The van der Waals surface area contributed by atoms with Crippen molar-refractivity contribution >= 4 is 32.6 Å². The van der Waals surface area contributed by atoms with Gasteiger partial charge in [0.05, 0.1) is 5.69 Å². The van der Waals surface area contributed by atoms with E-state index in [1.165, 1.54) is 14.1 Å². The van der Waals surface area contributed by atoms with Gasteiger partial charge in [-0.3, -0.25) is 4.79 Å². The molecule has 6 nitrogen and oxygen atoms in total. The summed E-state index contributed by atoms with van der Waals surface area (Å²) in [6.45, 7) is 3.76. The summed E-state index contributed by atoms with van der Waals surface area (Å²) in [5.74, 6) is -0.366. The largest absolute Gasteiger partial charge is 0.350 e. The monoisotopic (exact) mass is 425 g/mol. The van der Waals surface area contributed by atoms with Gasteiger partial charge in [-0.05, 0) is 53.4 Å². The van der Waals surface area contributed by atoms with Crippen LogP contribution in [0.1, 0.15) is 16.7 Å². The van der Waals surface area contributed by atoms with Gasteiger partial charge in [0, 0.05) is 20.6 Å². The van der Waals surface area contributed by atoms with Crippen LogP contribution in [0.2, 0.25) is 0 Å². The molecule has 3 aromatic carbocycles. The molecule has 0 saturated carbocycles. The molecule has 0 radical (unpaired) electrons. The number of carbonyl (C=O) groups is 1. The van der Waals surface area contributed by atoms with Crippen molar-refractivity contribution in [2.75, 3.05) is 24.9 Å². The molecule has 0 aliphatic carbocycles. The third kappa shape index (κ3) is 4.80. The molecule has 0 aliphatic rings. The molecular weight excluding hydrogens is 398 g/mol. The second-order valence-corrected chi connectivity index (χ2v) is 9.61. The lowest BCUT2D eigenvalue weighted by Gasteiger charge is -2.28. The summed E-state index contributed by atoms with van der Waals surface area (Å²) in [5, 5.41) is 5.07. The minimum Gasteiger partial charge on any atom is -0.350 e. The van der Waals surface area contributed by atoms with Crippen molar-refractivity contribution in [2.24, 2.45) is 0 Å². The van der Waals surface area contributed by atoms with E-state index in [0.29, 0.717) is 12.2 Å². The van der Waals surface area contributed by atoms with Crippen LogP contribution in [0.4, 0.5) is 5.69 Å². The molecule has 158 valence electrons. The molecule has 7 heteroatoms. The van der Waals surface area contributed by atoms with Gasteiger partial charge in [-0.1, -0.05) is 48.5 Å². The number of anilines is 1.